The van der Waals surface area contributed by atoms with E-state index in [2.05, 4.69) is 21.3 Å². The minimum Gasteiger partial charge on any atom is -0.335 e. The van der Waals surface area contributed by atoms with Crippen LogP contribution in [0.25, 0.3) is 0 Å². The Bertz CT molecular complexity index is 464. The van der Waals surface area contributed by atoms with Gasteiger partial charge in [0.1, 0.15) is 0 Å². The molecule has 0 aromatic carbocycles. The zero-order valence-corrected chi connectivity index (χ0v) is 13.3. The Balaban J connectivity index is 1.68. The molecule has 3 rings (SSSR count). The summed E-state index contributed by atoms with van der Waals surface area (Å²) in [4.78, 5) is 19.2. The van der Waals surface area contributed by atoms with Crippen LogP contribution in [0, 0.1) is 5.92 Å². The Labute approximate surface area is 133 Å². The van der Waals surface area contributed by atoms with Crippen molar-refractivity contribution in [3.63, 3.8) is 0 Å². The van der Waals surface area contributed by atoms with Crippen molar-refractivity contribution in [1.82, 2.24) is 15.2 Å². The summed E-state index contributed by atoms with van der Waals surface area (Å²) >= 11 is 0. The molecule has 0 radical (unpaired) electrons. The molecule has 0 unspecified atom stereocenters. The van der Waals surface area contributed by atoms with E-state index in [1.807, 2.05) is 12.3 Å². The van der Waals surface area contributed by atoms with E-state index >= 15 is 0 Å². The van der Waals surface area contributed by atoms with Gasteiger partial charge in [0, 0.05) is 31.4 Å². The van der Waals surface area contributed by atoms with E-state index in [-0.39, 0.29) is 0 Å². The van der Waals surface area contributed by atoms with Gasteiger partial charge in [0.15, 0.2) is 0 Å². The number of carbonyl (C=O) groups excluding carboxylic acids is 1. The third-order valence-corrected chi connectivity index (χ3v) is 5.04. The van der Waals surface area contributed by atoms with Crippen LogP contribution in [0.5, 0.6) is 0 Å². The fourth-order valence-corrected chi connectivity index (χ4v) is 3.75. The van der Waals surface area contributed by atoms with Crippen LogP contribution in [-0.4, -0.2) is 34.9 Å². The lowest BCUT2D eigenvalue weighted by atomic mass is 9.93. The zero-order valence-electron chi connectivity index (χ0n) is 13.3. The van der Waals surface area contributed by atoms with Crippen LogP contribution in [0.4, 0.5) is 0 Å². The maximum absolute atomic E-state index is 12.9. The first-order valence-corrected chi connectivity index (χ1v) is 8.72. The van der Waals surface area contributed by atoms with E-state index in [1.165, 1.54) is 19.3 Å². The normalized spacial score (nSPS) is 22.6. The number of aromatic nitrogens is 1. The molecule has 1 saturated carbocycles. The number of pyridine rings is 1. The predicted molar refractivity (Wildman–Crippen MR) is 87.3 cm³/mol. The highest BCUT2D eigenvalue weighted by molar-refractivity contribution is 5.77. The zero-order chi connectivity index (χ0) is 15.2. The Kier molecular flexibility index (Phi) is 5.43. The Morgan fingerprint density at radius 1 is 1.27 bits per heavy atom. The first-order chi connectivity index (χ1) is 10.8. The molecule has 1 atom stereocenters. The lowest BCUT2D eigenvalue weighted by Gasteiger charge is -2.35. The molecular formula is C18H27N3O. The predicted octanol–water partition coefficient (Wildman–Crippen LogP) is 2.74. The second-order valence-electron chi connectivity index (χ2n) is 6.74. The van der Waals surface area contributed by atoms with E-state index in [9.17, 15) is 4.79 Å². The van der Waals surface area contributed by atoms with Gasteiger partial charge in [0.2, 0.25) is 5.91 Å². The van der Waals surface area contributed by atoms with Crippen molar-refractivity contribution in [2.24, 2.45) is 5.92 Å². The van der Waals surface area contributed by atoms with Crippen molar-refractivity contribution in [3.05, 3.63) is 30.1 Å². The number of amides is 1. The lowest BCUT2D eigenvalue weighted by Crippen LogP contribution is -2.41. The van der Waals surface area contributed by atoms with Crippen LogP contribution in [0.2, 0.25) is 0 Å². The summed E-state index contributed by atoms with van der Waals surface area (Å²) in [5, 5.41) is 3.37. The molecule has 1 aromatic rings. The SMILES string of the molecule is O=C(C[C@H]1CCNC1)N(Cc1cccnc1)C1CCCCC1. The molecule has 0 spiro atoms. The van der Waals surface area contributed by atoms with E-state index in [1.54, 1.807) is 6.20 Å². The molecule has 2 heterocycles. The Morgan fingerprint density at radius 2 is 2.14 bits per heavy atom. The first kappa shape index (κ1) is 15.5. The third kappa shape index (κ3) is 4.07. The Hall–Kier alpha value is -1.42. The summed E-state index contributed by atoms with van der Waals surface area (Å²) in [6, 6.07) is 4.46. The van der Waals surface area contributed by atoms with Gasteiger partial charge in [-0.2, -0.15) is 0 Å². The maximum Gasteiger partial charge on any atom is 0.223 e. The molecule has 1 aliphatic carbocycles. The molecule has 1 amide bonds. The first-order valence-electron chi connectivity index (χ1n) is 8.72. The lowest BCUT2D eigenvalue weighted by molar-refractivity contribution is -0.135. The summed E-state index contributed by atoms with van der Waals surface area (Å²) < 4.78 is 0. The number of hydrogen-bond donors (Lipinski definition) is 1. The quantitative estimate of drug-likeness (QED) is 0.909. The van der Waals surface area contributed by atoms with Crippen LogP contribution in [0.3, 0.4) is 0 Å². The fraction of sp³-hybridized carbons (Fsp3) is 0.667. The van der Waals surface area contributed by atoms with Gasteiger partial charge < -0.3 is 10.2 Å². The summed E-state index contributed by atoms with van der Waals surface area (Å²) in [5.41, 5.74) is 1.14. The summed E-state index contributed by atoms with van der Waals surface area (Å²) in [7, 11) is 0. The van der Waals surface area contributed by atoms with Crippen molar-refractivity contribution in [2.75, 3.05) is 13.1 Å². The molecule has 1 N–H and O–H groups in total. The number of rotatable bonds is 5. The molecule has 2 fully saturated rings. The van der Waals surface area contributed by atoms with Gasteiger partial charge in [0.25, 0.3) is 0 Å². The van der Waals surface area contributed by atoms with E-state index in [0.717, 1.165) is 44.5 Å². The second kappa shape index (κ2) is 7.73. The van der Waals surface area contributed by atoms with Gasteiger partial charge in [-0.05, 0) is 49.9 Å². The van der Waals surface area contributed by atoms with Crippen molar-refractivity contribution in [1.29, 1.82) is 0 Å². The van der Waals surface area contributed by atoms with Crippen molar-refractivity contribution in [2.45, 2.75) is 57.5 Å². The minimum atomic E-state index is 0.337. The second-order valence-corrected chi connectivity index (χ2v) is 6.74. The van der Waals surface area contributed by atoms with Gasteiger partial charge in [-0.1, -0.05) is 25.3 Å². The van der Waals surface area contributed by atoms with Gasteiger partial charge in [-0.3, -0.25) is 9.78 Å². The number of nitrogens with one attached hydrogen (secondary N) is 1. The number of nitrogens with zero attached hydrogens (tertiary/aromatic N) is 2. The summed E-state index contributed by atoms with van der Waals surface area (Å²) in [6.45, 7) is 2.78. The van der Waals surface area contributed by atoms with Crippen molar-refractivity contribution in [3.8, 4) is 0 Å². The smallest absolute Gasteiger partial charge is 0.223 e. The molecule has 22 heavy (non-hydrogen) atoms. The largest absolute Gasteiger partial charge is 0.335 e. The minimum absolute atomic E-state index is 0.337. The van der Waals surface area contributed by atoms with Gasteiger partial charge in [-0.25, -0.2) is 0 Å². The van der Waals surface area contributed by atoms with E-state index in [0.29, 0.717) is 24.3 Å². The number of hydrogen-bond acceptors (Lipinski definition) is 3. The molecule has 1 aliphatic heterocycles. The summed E-state index contributed by atoms with van der Waals surface area (Å²) in [6.07, 6.45) is 11.7. The van der Waals surface area contributed by atoms with Crippen molar-refractivity contribution < 1.29 is 4.79 Å². The van der Waals surface area contributed by atoms with E-state index in [4.69, 9.17) is 0 Å². The molecule has 1 aromatic heterocycles. The van der Waals surface area contributed by atoms with Gasteiger partial charge in [-0.15, -0.1) is 0 Å². The topological polar surface area (TPSA) is 45.2 Å². The van der Waals surface area contributed by atoms with Crippen molar-refractivity contribution >= 4 is 5.91 Å². The average Bonchev–Trinajstić information content (AvgIpc) is 3.07. The highest BCUT2D eigenvalue weighted by atomic mass is 16.2. The molecule has 4 heteroatoms. The highest BCUT2D eigenvalue weighted by Gasteiger charge is 2.28. The summed E-state index contributed by atoms with van der Waals surface area (Å²) in [5.74, 6) is 0.858. The molecule has 120 valence electrons. The Morgan fingerprint density at radius 3 is 2.82 bits per heavy atom. The monoisotopic (exact) mass is 301 g/mol. The molecular weight excluding hydrogens is 274 g/mol. The molecule has 2 aliphatic rings. The third-order valence-electron chi connectivity index (χ3n) is 5.04. The van der Waals surface area contributed by atoms with Crippen LogP contribution < -0.4 is 5.32 Å². The van der Waals surface area contributed by atoms with Crippen LogP contribution in [-0.2, 0) is 11.3 Å². The average molecular weight is 301 g/mol. The van der Waals surface area contributed by atoms with Gasteiger partial charge >= 0.3 is 0 Å². The molecule has 0 bridgehead atoms. The number of carbonyl (C=O) groups is 1. The van der Waals surface area contributed by atoms with E-state index < -0.39 is 0 Å². The van der Waals surface area contributed by atoms with Crippen LogP contribution in [0.15, 0.2) is 24.5 Å². The molecule has 1 saturated heterocycles. The van der Waals surface area contributed by atoms with Crippen LogP contribution >= 0.6 is 0 Å². The fourth-order valence-electron chi connectivity index (χ4n) is 3.75. The highest BCUT2D eigenvalue weighted by Crippen LogP contribution is 2.26. The van der Waals surface area contributed by atoms with Crippen LogP contribution in [0.1, 0.15) is 50.5 Å². The van der Waals surface area contributed by atoms with Gasteiger partial charge in [0.05, 0.1) is 0 Å². The standard InChI is InChI=1S/C18H27N3O/c22-18(11-15-8-10-20-12-15)21(17-6-2-1-3-7-17)14-16-5-4-9-19-13-16/h4-5,9,13,15,17,20H,1-3,6-8,10-12,14H2/t15-/m1/s1. The molecule has 4 nitrogen and oxygen atoms in total. The maximum atomic E-state index is 12.9.